The van der Waals surface area contributed by atoms with E-state index in [0.717, 1.165) is 33.4 Å². The topological polar surface area (TPSA) is 38.7 Å². The average Bonchev–Trinajstić information content (AvgIpc) is 3.98. The molecule has 1 spiro atoms. The standard InChI is InChI=1S/C58H35N3S/c1-2-14-36(15-3-1)39-16-12-17-41(34-39)56-59-55(38-30-28-37(29-31-38)40-32-33-53-47(35-40)44-20-7-11-27-52(44)62-53)60-57(61-56)46-22-13-26-51-54(46)45-21-6-10-25-50(45)58(51)48-23-8-4-18-42(48)43-19-5-9-24-49(43)58/h1-35H. The third kappa shape index (κ3) is 5.14. The number of rotatable bonds is 5. The first-order chi connectivity index (χ1) is 30.7. The van der Waals surface area contributed by atoms with Gasteiger partial charge in [0.25, 0.3) is 0 Å². The quantitative estimate of drug-likeness (QED) is 0.174. The second kappa shape index (κ2) is 13.6. The second-order valence-corrected chi connectivity index (χ2v) is 17.3. The fourth-order valence-electron chi connectivity index (χ4n) is 10.3. The van der Waals surface area contributed by atoms with E-state index in [4.69, 9.17) is 15.0 Å². The highest BCUT2D eigenvalue weighted by molar-refractivity contribution is 7.25. The van der Waals surface area contributed by atoms with Crippen LogP contribution in [0.4, 0.5) is 0 Å². The Bertz CT molecular complexity index is 3540. The van der Waals surface area contributed by atoms with Crippen LogP contribution < -0.4 is 0 Å². The molecule has 0 bridgehead atoms. The van der Waals surface area contributed by atoms with E-state index >= 15 is 0 Å². The minimum absolute atomic E-state index is 0.466. The number of hydrogen-bond acceptors (Lipinski definition) is 4. The third-order valence-corrected chi connectivity index (χ3v) is 14.1. The van der Waals surface area contributed by atoms with Crippen molar-refractivity contribution in [3.8, 4) is 78.7 Å². The van der Waals surface area contributed by atoms with Crippen molar-refractivity contribution >= 4 is 31.5 Å². The van der Waals surface area contributed by atoms with E-state index in [9.17, 15) is 0 Å². The number of thiophene rings is 1. The van der Waals surface area contributed by atoms with Crippen LogP contribution >= 0.6 is 11.3 Å². The Kier molecular flexibility index (Phi) is 7.69. The summed E-state index contributed by atoms with van der Waals surface area (Å²) in [6, 6.07) is 76.7. The van der Waals surface area contributed by atoms with Gasteiger partial charge >= 0.3 is 0 Å². The molecule has 13 rings (SSSR count). The Morgan fingerprint density at radius 2 is 0.774 bits per heavy atom. The van der Waals surface area contributed by atoms with Gasteiger partial charge in [-0.05, 0) is 91.0 Å². The summed E-state index contributed by atoms with van der Waals surface area (Å²) in [5.41, 5.74) is 17.1. The van der Waals surface area contributed by atoms with Crippen molar-refractivity contribution in [1.82, 2.24) is 15.0 Å². The van der Waals surface area contributed by atoms with Gasteiger partial charge in [0.05, 0.1) is 5.41 Å². The lowest BCUT2D eigenvalue weighted by molar-refractivity contribution is 0.794. The fourth-order valence-corrected chi connectivity index (χ4v) is 11.4. The molecular formula is C58H35N3S. The molecule has 3 nitrogen and oxygen atoms in total. The molecular weight excluding hydrogens is 771 g/mol. The third-order valence-electron chi connectivity index (χ3n) is 13.0. The van der Waals surface area contributed by atoms with Crippen molar-refractivity contribution in [3.63, 3.8) is 0 Å². The lowest BCUT2D eigenvalue weighted by Gasteiger charge is -2.30. The van der Waals surface area contributed by atoms with Gasteiger partial charge in [0, 0.05) is 36.9 Å². The lowest BCUT2D eigenvalue weighted by Crippen LogP contribution is -2.25. The molecule has 2 aliphatic carbocycles. The fraction of sp³-hybridized carbons (Fsp3) is 0.0172. The van der Waals surface area contributed by atoms with Gasteiger partial charge in [-0.1, -0.05) is 188 Å². The summed E-state index contributed by atoms with van der Waals surface area (Å²) in [7, 11) is 0. The predicted molar refractivity (Wildman–Crippen MR) is 256 cm³/mol. The summed E-state index contributed by atoms with van der Waals surface area (Å²) >= 11 is 1.84. The highest BCUT2D eigenvalue weighted by atomic mass is 32.1. The van der Waals surface area contributed by atoms with Gasteiger partial charge in [-0.15, -0.1) is 11.3 Å². The van der Waals surface area contributed by atoms with Crippen LogP contribution in [-0.2, 0) is 5.41 Å². The van der Waals surface area contributed by atoms with Gasteiger partial charge in [-0.3, -0.25) is 0 Å². The predicted octanol–water partition coefficient (Wildman–Crippen LogP) is 14.9. The van der Waals surface area contributed by atoms with Crippen LogP contribution in [-0.4, -0.2) is 15.0 Å². The summed E-state index contributed by atoms with van der Waals surface area (Å²) in [5, 5.41) is 2.59. The number of fused-ring (bicyclic) bond motifs is 13. The average molecular weight is 806 g/mol. The minimum atomic E-state index is -0.466. The summed E-state index contributed by atoms with van der Waals surface area (Å²) in [6.07, 6.45) is 0. The van der Waals surface area contributed by atoms with Crippen molar-refractivity contribution in [2.24, 2.45) is 0 Å². The molecule has 0 saturated carbocycles. The lowest BCUT2D eigenvalue weighted by atomic mass is 9.70. The first-order valence-corrected chi connectivity index (χ1v) is 21.9. The number of hydrogen-bond donors (Lipinski definition) is 0. The van der Waals surface area contributed by atoms with E-state index in [1.165, 1.54) is 70.2 Å². The Balaban J connectivity index is 1.00. The molecule has 2 aliphatic rings. The first-order valence-electron chi connectivity index (χ1n) is 21.1. The van der Waals surface area contributed by atoms with Gasteiger partial charge in [0.1, 0.15) is 0 Å². The van der Waals surface area contributed by atoms with E-state index in [1.54, 1.807) is 0 Å². The van der Waals surface area contributed by atoms with E-state index in [-0.39, 0.29) is 0 Å². The highest BCUT2D eigenvalue weighted by Gasteiger charge is 2.52. The van der Waals surface area contributed by atoms with E-state index in [2.05, 4.69) is 212 Å². The highest BCUT2D eigenvalue weighted by Crippen LogP contribution is 2.63. The maximum absolute atomic E-state index is 5.38. The van der Waals surface area contributed by atoms with Gasteiger partial charge < -0.3 is 0 Å². The van der Waals surface area contributed by atoms with Crippen LogP contribution in [0.25, 0.3) is 98.8 Å². The zero-order valence-electron chi connectivity index (χ0n) is 33.5. The molecule has 0 radical (unpaired) electrons. The van der Waals surface area contributed by atoms with Crippen LogP contribution in [0.5, 0.6) is 0 Å². The number of aromatic nitrogens is 3. The monoisotopic (exact) mass is 805 g/mol. The largest absolute Gasteiger partial charge is 0.208 e. The Hall–Kier alpha value is -7.79. The summed E-state index contributed by atoms with van der Waals surface area (Å²) in [5.74, 6) is 1.92. The summed E-state index contributed by atoms with van der Waals surface area (Å²) < 4.78 is 2.61. The van der Waals surface area contributed by atoms with Crippen LogP contribution in [0.3, 0.4) is 0 Å². The SMILES string of the molecule is c1ccc(-c2cccc(-c3nc(-c4ccc(-c5ccc6sc7ccccc7c6c5)cc4)nc(-c4cccc5c4-c4ccccc4C54c5ccccc5-c5ccccc54)n3)c2)cc1. The molecule has 2 heterocycles. The van der Waals surface area contributed by atoms with Gasteiger partial charge in [0.15, 0.2) is 17.5 Å². The second-order valence-electron chi connectivity index (χ2n) is 16.3. The smallest absolute Gasteiger partial charge is 0.164 e. The molecule has 0 fully saturated rings. The first kappa shape index (κ1) is 35.0. The van der Waals surface area contributed by atoms with Gasteiger partial charge in [-0.25, -0.2) is 15.0 Å². The maximum Gasteiger partial charge on any atom is 0.164 e. The van der Waals surface area contributed by atoms with Crippen molar-refractivity contribution in [2.75, 3.05) is 0 Å². The number of nitrogens with zero attached hydrogens (tertiary/aromatic N) is 3. The van der Waals surface area contributed by atoms with E-state index in [0.29, 0.717) is 17.5 Å². The molecule has 0 unspecified atom stereocenters. The van der Waals surface area contributed by atoms with Crippen LogP contribution in [0.15, 0.2) is 212 Å². The minimum Gasteiger partial charge on any atom is -0.208 e. The number of benzene rings is 9. The molecule has 0 aliphatic heterocycles. The van der Waals surface area contributed by atoms with Crippen LogP contribution in [0.2, 0.25) is 0 Å². The summed E-state index contributed by atoms with van der Waals surface area (Å²) in [4.78, 5) is 16.0. The van der Waals surface area contributed by atoms with Crippen molar-refractivity contribution in [2.45, 2.75) is 5.41 Å². The molecule has 0 atom stereocenters. The Labute approximate surface area is 363 Å². The van der Waals surface area contributed by atoms with Crippen molar-refractivity contribution in [3.05, 3.63) is 235 Å². The van der Waals surface area contributed by atoms with Crippen LogP contribution in [0, 0.1) is 0 Å². The maximum atomic E-state index is 5.38. The molecule has 4 heteroatoms. The summed E-state index contributed by atoms with van der Waals surface area (Å²) in [6.45, 7) is 0. The van der Waals surface area contributed by atoms with E-state index in [1.807, 2.05) is 11.3 Å². The molecule has 288 valence electrons. The molecule has 0 amide bonds. The van der Waals surface area contributed by atoms with Crippen molar-refractivity contribution < 1.29 is 0 Å². The molecule has 62 heavy (non-hydrogen) atoms. The molecule has 0 saturated heterocycles. The van der Waals surface area contributed by atoms with Gasteiger partial charge in [0.2, 0.25) is 0 Å². The molecule has 11 aromatic rings. The van der Waals surface area contributed by atoms with E-state index < -0.39 is 5.41 Å². The molecule has 9 aromatic carbocycles. The Morgan fingerprint density at radius 1 is 0.290 bits per heavy atom. The van der Waals surface area contributed by atoms with Crippen molar-refractivity contribution in [1.29, 1.82) is 0 Å². The Morgan fingerprint density at radius 3 is 1.55 bits per heavy atom. The molecule has 0 N–H and O–H groups in total. The zero-order valence-corrected chi connectivity index (χ0v) is 34.3. The zero-order chi connectivity index (χ0) is 40.8. The molecule has 2 aromatic heterocycles. The van der Waals surface area contributed by atoms with Crippen LogP contribution in [0.1, 0.15) is 22.3 Å². The normalized spacial score (nSPS) is 13.0. The van der Waals surface area contributed by atoms with Gasteiger partial charge in [-0.2, -0.15) is 0 Å².